The first-order chi connectivity index (χ1) is 15.6. The summed E-state index contributed by atoms with van der Waals surface area (Å²) in [4.78, 5) is 12.9. The number of allylic oxidation sites excluding steroid dienone is 1. The predicted octanol–water partition coefficient (Wildman–Crippen LogP) is 7.80. The first kappa shape index (κ1) is 27.2. The Labute approximate surface area is 205 Å². The Balaban J connectivity index is 2.50. The van der Waals surface area contributed by atoms with Gasteiger partial charge < -0.3 is 14.2 Å². The van der Waals surface area contributed by atoms with Crippen molar-refractivity contribution in [1.29, 1.82) is 0 Å². The lowest BCUT2D eigenvalue weighted by molar-refractivity contribution is 0.104. The Bertz CT molecular complexity index is 1020. The number of hydrogen-bond acceptors (Lipinski definition) is 4. The minimum absolute atomic E-state index is 0.0874. The van der Waals surface area contributed by atoms with Gasteiger partial charge >= 0.3 is 0 Å². The predicted molar refractivity (Wildman–Crippen MR) is 141 cm³/mol. The van der Waals surface area contributed by atoms with Crippen LogP contribution in [0.4, 0.5) is 0 Å². The standard InChI is InChI=1S/C30H40O4/c1-11-18-32-23-15-12-21(13-16-23)25(31)17-14-22-19-24(33-29(5,6)7)20-26(34-30(8,9)10)27(22)28(2,3)4/h11-17,19-20H,1,18H2,2-10H3. The van der Waals surface area contributed by atoms with E-state index in [4.69, 9.17) is 14.2 Å². The van der Waals surface area contributed by atoms with Crippen LogP contribution in [0.1, 0.15) is 83.8 Å². The second kappa shape index (κ2) is 10.5. The molecule has 2 aromatic rings. The number of rotatable bonds is 8. The fourth-order valence-corrected chi connectivity index (χ4v) is 3.50. The molecule has 0 radical (unpaired) electrons. The van der Waals surface area contributed by atoms with E-state index >= 15 is 0 Å². The van der Waals surface area contributed by atoms with Gasteiger partial charge in [-0.2, -0.15) is 0 Å². The molecule has 2 aromatic carbocycles. The van der Waals surface area contributed by atoms with Crippen molar-refractivity contribution in [3.05, 3.63) is 71.8 Å². The van der Waals surface area contributed by atoms with Crippen molar-refractivity contribution in [3.63, 3.8) is 0 Å². The van der Waals surface area contributed by atoms with Crippen molar-refractivity contribution in [2.45, 2.75) is 78.9 Å². The molecule has 0 atom stereocenters. The van der Waals surface area contributed by atoms with Crippen LogP contribution in [0.25, 0.3) is 6.08 Å². The number of hydrogen-bond donors (Lipinski definition) is 0. The van der Waals surface area contributed by atoms with Crippen LogP contribution in [0.5, 0.6) is 17.2 Å². The summed E-state index contributed by atoms with van der Waals surface area (Å²) in [6.45, 7) is 22.6. The summed E-state index contributed by atoms with van der Waals surface area (Å²) < 4.78 is 18.1. The Morgan fingerprint density at radius 1 is 0.853 bits per heavy atom. The van der Waals surface area contributed by atoms with E-state index in [1.807, 2.05) is 59.8 Å². The van der Waals surface area contributed by atoms with Crippen LogP contribution in [0.15, 0.2) is 55.1 Å². The van der Waals surface area contributed by atoms with Gasteiger partial charge in [0.15, 0.2) is 5.78 Å². The van der Waals surface area contributed by atoms with Crippen molar-refractivity contribution >= 4 is 11.9 Å². The molecule has 0 aliphatic rings. The zero-order valence-corrected chi connectivity index (χ0v) is 22.2. The first-order valence-electron chi connectivity index (χ1n) is 11.7. The number of ketones is 1. The molecule has 0 spiro atoms. The van der Waals surface area contributed by atoms with Gasteiger partial charge in [-0.1, -0.05) is 39.5 Å². The summed E-state index contributed by atoms with van der Waals surface area (Å²) in [6.07, 6.45) is 5.14. The van der Waals surface area contributed by atoms with Gasteiger partial charge in [0.1, 0.15) is 35.1 Å². The highest BCUT2D eigenvalue weighted by atomic mass is 16.5. The highest BCUT2D eigenvalue weighted by Gasteiger charge is 2.27. The third-order valence-corrected chi connectivity index (χ3v) is 4.62. The van der Waals surface area contributed by atoms with E-state index in [-0.39, 0.29) is 22.4 Å². The smallest absolute Gasteiger partial charge is 0.185 e. The molecular weight excluding hydrogens is 424 g/mol. The Morgan fingerprint density at radius 2 is 1.44 bits per heavy atom. The molecule has 0 fully saturated rings. The normalized spacial score (nSPS) is 12.5. The number of carbonyl (C=O) groups is 1. The molecule has 0 aliphatic carbocycles. The van der Waals surface area contributed by atoms with E-state index in [1.54, 1.807) is 36.4 Å². The fraction of sp³-hybridized carbons (Fsp3) is 0.433. The second-order valence-corrected chi connectivity index (χ2v) is 11.4. The van der Waals surface area contributed by atoms with Crippen molar-refractivity contribution in [2.24, 2.45) is 0 Å². The molecule has 0 amide bonds. The topological polar surface area (TPSA) is 44.8 Å². The number of benzene rings is 2. The molecule has 0 saturated heterocycles. The van der Waals surface area contributed by atoms with Crippen LogP contribution in [0, 0.1) is 0 Å². The van der Waals surface area contributed by atoms with Gasteiger partial charge in [0, 0.05) is 17.2 Å². The minimum Gasteiger partial charge on any atom is -0.490 e. The molecular formula is C30H40O4. The molecule has 184 valence electrons. The summed E-state index contributed by atoms with van der Waals surface area (Å²) in [7, 11) is 0. The zero-order valence-electron chi connectivity index (χ0n) is 22.2. The average Bonchev–Trinajstić information content (AvgIpc) is 2.67. The molecule has 2 rings (SSSR count). The van der Waals surface area contributed by atoms with Gasteiger partial charge in [-0.15, -0.1) is 0 Å². The maximum atomic E-state index is 12.9. The summed E-state index contributed by atoms with van der Waals surface area (Å²) in [6, 6.07) is 11.1. The van der Waals surface area contributed by atoms with Crippen molar-refractivity contribution < 1.29 is 19.0 Å². The van der Waals surface area contributed by atoms with Gasteiger partial charge in [0.25, 0.3) is 0 Å². The van der Waals surface area contributed by atoms with E-state index in [0.717, 1.165) is 16.9 Å². The molecule has 0 aromatic heterocycles. The van der Waals surface area contributed by atoms with E-state index in [2.05, 4.69) is 27.4 Å². The number of carbonyl (C=O) groups excluding carboxylic acids is 1. The Morgan fingerprint density at radius 3 is 1.94 bits per heavy atom. The SMILES string of the molecule is C=CCOc1ccc(C(=O)C=Cc2cc(OC(C)(C)C)cc(OC(C)(C)C)c2C(C)(C)C)cc1. The molecule has 34 heavy (non-hydrogen) atoms. The quantitative estimate of drug-likeness (QED) is 0.227. The summed E-state index contributed by atoms with van der Waals surface area (Å²) in [5.41, 5.74) is 1.55. The molecule has 0 unspecified atom stereocenters. The highest BCUT2D eigenvalue weighted by Crippen LogP contribution is 2.40. The molecule has 4 nitrogen and oxygen atoms in total. The molecule has 4 heteroatoms. The maximum absolute atomic E-state index is 12.9. The van der Waals surface area contributed by atoms with Crippen LogP contribution in [-0.2, 0) is 5.41 Å². The largest absolute Gasteiger partial charge is 0.490 e. The fourth-order valence-electron chi connectivity index (χ4n) is 3.50. The van der Waals surface area contributed by atoms with Gasteiger partial charge in [-0.05, 0) is 88.9 Å². The lowest BCUT2D eigenvalue weighted by Gasteiger charge is -2.31. The van der Waals surface area contributed by atoms with Gasteiger partial charge in [-0.3, -0.25) is 4.79 Å². The summed E-state index contributed by atoms with van der Waals surface area (Å²) in [5.74, 6) is 2.08. The third kappa shape index (κ3) is 8.40. The molecule has 0 heterocycles. The van der Waals surface area contributed by atoms with E-state index in [0.29, 0.717) is 23.7 Å². The zero-order chi connectivity index (χ0) is 25.7. The van der Waals surface area contributed by atoms with Gasteiger partial charge in [0.2, 0.25) is 0 Å². The Kier molecular flexibility index (Phi) is 8.41. The van der Waals surface area contributed by atoms with E-state index in [1.165, 1.54) is 0 Å². The van der Waals surface area contributed by atoms with Crippen molar-refractivity contribution in [2.75, 3.05) is 6.61 Å². The monoisotopic (exact) mass is 464 g/mol. The third-order valence-electron chi connectivity index (χ3n) is 4.62. The summed E-state index contributed by atoms with van der Waals surface area (Å²) in [5, 5.41) is 0. The Hall–Kier alpha value is -3.01. The molecule has 0 bridgehead atoms. The van der Waals surface area contributed by atoms with Crippen LogP contribution < -0.4 is 14.2 Å². The maximum Gasteiger partial charge on any atom is 0.185 e. The van der Waals surface area contributed by atoms with Crippen LogP contribution >= 0.6 is 0 Å². The molecule has 0 aliphatic heterocycles. The highest BCUT2D eigenvalue weighted by molar-refractivity contribution is 6.07. The van der Waals surface area contributed by atoms with Crippen LogP contribution in [0.3, 0.4) is 0 Å². The van der Waals surface area contributed by atoms with Crippen LogP contribution in [0.2, 0.25) is 0 Å². The van der Waals surface area contributed by atoms with Crippen LogP contribution in [-0.4, -0.2) is 23.6 Å². The average molecular weight is 465 g/mol. The summed E-state index contributed by atoms with van der Waals surface area (Å²) >= 11 is 0. The van der Waals surface area contributed by atoms with E-state index < -0.39 is 0 Å². The lowest BCUT2D eigenvalue weighted by atomic mass is 9.82. The van der Waals surface area contributed by atoms with Gasteiger partial charge in [-0.25, -0.2) is 0 Å². The number of ether oxygens (including phenoxy) is 3. The van der Waals surface area contributed by atoms with Gasteiger partial charge in [0.05, 0.1) is 0 Å². The first-order valence-corrected chi connectivity index (χ1v) is 11.7. The van der Waals surface area contributed by atoms with Crippen molar-refractivity contribution in [3.8, 4) is 17.2 Å². The van der Waals surface area contributed by atoms with Crippen molar-refractivity contribution in [1.82, 2.24) is 0 Å². The molecule has 0 N–H and O–H groups in total. The second-order valence-electron chi connectivity index (χ2n) is 11.4. The minimum atomic E-state index is -0.382. The lowest BCUT2D eigenvalue weighted by Crippen LogP contribution is -2.27. The molecule has 0 saturated carbocycles. The van der Waals surface area contributed by atoms with E-state index in [9.17, 15) is 4.79 Å².